The quantitative estimate of drug-likeness (QED) is 0.792. The van der Waals surface area contributed by atoms with Crippen LogP contribution in [0.3, 0.4) is 0 Å². The Balaban J connectivity index is 1.46. The monoisotopic (exact) mass is 388 g/mol. The molecule has 0 unspecified atom stereocenters. The highest BCUT2D eigenvalue weighted by atomic mass is 79.9. The molecule has 2 aliphatic heterocycles. The van der Waals surface area contributed by atoms with Gasteiger partial charge >= 0.3 is 0 Å². The summed E-state index contributed by atoms with van der Waals surface area (Å²) in [7, 11) is 0. The SMILES string of the molecule is O=C(c1cc(Br)c2c(c1)OCO2)N1CCN(c2ccccc2)CC1. The Morgan fingerprint density at radius 3 is 2.50 bits per heavy atom. The van der Waals surface area contributed by atoms with Crippen molar-refractivity contribution in [2.24, 2.45) is 0 Å². The number of carbonyl (C=O) groups is 1. The number of para-hydroxylation sites is 1. The molecule has 124 valence electrons. The maximum atomic E-state index is 12.8. The molecule has 0 bridgehead atoms. The van der Waals surface area contributed by atoms with Crippen molar-refractivity contribution in [3.8, 4) is 11.5 Å². The molecule has 24 heavy (non-hydrogen) atoms. The average molecular weight is 389 g/mol. The maximum absolute atomic E-state index is 12.8. The molecule has 0 N–H and O–H groups in total. The van der Waals surface area contributed by atoms with Crippen LogP contribution in [0, 0.1) is 0 Å². The van der Waals surface area contributed by atoms with Crippen LogP contribution < -0.4 is 14.4 Å². The smallest absolute Gasteiger partial charge is 0.254 e. The Bertz CT molecular complexity index is 758. The molecule has 1 amide bonds. The zero-order chi connectivity index (χ0) is 16.5. The fourth-order valence-corrected chi connectivity index (χ4v) is 3.64. The van der Waals surface area contributed by atoms with E-state index in [1.54, 1.807) is 12.1 Å². The lowest BCUT2D eigenvalue weighted by atomic mass is 10.1. The predicted molar refractivity (Wildman–Crippen MR) is 94.8 cm³/mol. The summed E-state index contributed by atoms with van der Waals surface area (Å²) in [5.41, 5.74) is 1.83. The molecule has 0 aliphatic carbocycles. The highest BCUT2D eigenvalue weighted by Crippen LogP contribution is 2.40. The lowest BCUT2D eigenvalue weighted by Gasteiger charge is -2.36. The average Bonchev–Trinajstić information content (AvgIpc) is 3.11. The minimum Gasteiger partial charge on any atom is -0.454 e. The zero-order valence-electron chi connectivity index (χ0n) is 13.1. The van der Waals surface area contributed by atoms with Crippen molar-refractivity contribution in [1.82, 2.24) is 4.90 Å². The van der Waals surface area contributed by atoms with Crippen LogP contribution in [0.25, 0.3) is 0 Å². The number of hydrogen-bond donors (Lipinski definition) is 0. The maximum Gasteiger partial charge on any atom is 0.254 e. The number of carbonyl (C=O) groups excluding carboxylic acids is 1. The Morgan fingerprint density at radius 2 is 1.75 bits per heavy atom. The van der Waals surface area contributed by atoms with Crippen molar-refractivity contribution in [3.05, 3.63) is 52.5 Å². The lowest BCUT2D eigenvalue weighted by molar-refractivity contribution is 0.0746. The molecule has 2 heterocycles. The molecule has 0 atom stereocenters. The highest BCUT2D eigenvalue weighted by Gasteiger charge is 2.25. The number of benzene rings is 2. The van der Waals surface area contributed by atoms with E-state index >= 15 is 0 Å². The van der Waals surface area contributed by atoms with Crippen LogP contribution in [0.1, 0.15) is 10.4 Å². The van der Waals surface area contributed by atoms with Crippen molar-refractivity contribution < 1.29 is 14.3 Å². The molecule has 0 spiro atoms. The van der Waals surface area contributed by atoms with E-state index in [1.165, 1.54) is 5.69 Å². The minimum absolute atomic E-state index is 0.0294. The summed E-state index contributed by atoms with van der Waals surface area (Å²) < 4.78 is 11.5. The number of anilines is 1. The molecular weight excluding hydrogens is 372 g/mol. The Morgan fingerprint density at radius 1 is 1.00 bits per heavy atom. The second kappa shape index (κ2) is 6.36. The standard InChI is InChI=1S/C18H17BrN2O3/c19-15-10-13(11-16-17(15)24-12-23-16)18(22)21-8-6-20(7-9-21)14-4-2-1-3-5-14/h1-5,10-11H,6-9,12H2. The second-order valence-corrected chi connectivity index (χ2v) is 6.66. The number of ether oxygens (including phenoxy) is 2. The molecule has 6 heteroatoms. The molecular formula is C18H17BrN2O3. The molecule has 0 saturated carbocycles. The van der Waals surface area contributed by atoms with Gasteiger partial charge in [0.1, 0.15) is 0 Å². The van der Waals surface area contributed by atoms with E-state index in [1.807, 2.05) is 23.1 Å². The summed E-state index contributed by atoms with van der Waals surface area (Å²) in [5.74, 6) is 1.32. The van der Waals surface area contributed by atoms with E-state index in [9.17, 15) is 4.79 Å². The molecule has 2 aromatic carbocycles. The fraction of sp³-hybridized carbons (Fsp3) is 0.278. The van der Waals surface area contributed by atoms with E-state index in [4.69, 9.17) is 9.47 Å². The van der Waals surface area contributed by atoms with Crippen molar-refractivity contribution in [2.45, 2.75) is 0 Å². The molecule has 5 nitrogen and oxygen atoms in total. The second-order valence-electron chi connectivity index (χ2n) is 5.81. The van der Waals surface area contributed by atoms with Gasteiger partial charge < -0.3 is 19.3 Å². The van der Waals surface area contributed by atoms with Gasteiger partial charge in [-0.05, 0) is 40.2 Å². The van der Waals surface area contributed by atoms with Crippen LogP contribution in [-0.2, 0) is 0 Å². The Kier molecular flexibility index (Phi) is 4.06. The minimum atomic E-state index is 0.0294. The molecule has 4 rings (SSSR count). The summed E-state index contributed by atoms with van der Waals surface area (Å²) in [6.45, 7) is 3.28. The van der Waals surface area contributed by atoms with E-state index in [-0.39, 0.29) is 12.7 Å². The van der Waals surface area contributed by atoms with Gasteiger partial charge in [0.05, 0.1) is 4.47 Å². The third-order valence-electron chi connectivity index (χ3n) is 4.36. The van der Waals surface area contributed by atoms with Gasteiger partial charge in [0, 0.05) is 37.4 Å². The molecule has 2 aromatic rings. The van der Waals surface area contributed by atoms with E-state index in [0.717, 1.165) is 17.6 Å². The van der Waals surface area contributed by atoms with Gasteiger partial charge in [-0.25, -0.2) is 0 Å². The number of amides is 1. The van der Waals surface area contributed by atoms with E-state index < -0.39 is 0 Å². The van der Waals surface area contributed by atoms with Gasteiger partial charge in [0.2, 0.25) is 6.79 Å². The first kappa shape index (κ1) is 15.3. The van der Waals surface area contributed by atoms with E-state index in [2.05, 4.69) is 33.0 Å². The van der Waals surface area contributed by atoms with Gasteiger partial charge in [0.15, 0.2) is 11.5 Å². The number of fused-ring (bicyclic) bond motifs is 1. The van der Waals surface area contributed by atoms with Gasteiger partial charge in [0.25, 0.3) is 5.91 Å². The molecule has 0 aromatic heterocycles. The third kappa shape index (κ3) is 2.82. The van der Waals surface area contributed by atoms with Gasteiger partial charge in [-0.2, -0.15) is 0 Å². The van der Waals surface area contributed by atoms with Crippen molar-refractivity contribution in [2.75, 3.05) is 37.9 Å². The first-order valence-electron chi connectivity index (χ1n) is 7.91. The van der Waals surface area contributed by atoms with Crippen LogP contribution in [0.4, 0.5) is 5.69 Å². The first-order chi connectivity index (χ1) is 11.7. The van der Waals surface area contributed by atoms with Gasteiger partial charge in [-0.1, -0.05) is 18.2 Å². The number of nitrogens with zero attached hydrogens (tertiary/aromatic N) is 2. The van der Waals surface area contributed by atoms with E-state index in [0.29, 0.717) is 30.2 Å². The summed E-state index contributed by atoms with van der Waals surface area (Å²) in [6.07, 6.45) is 0. The zero-order valence-corrected chi connectivity index (χ0v) is 14.7. The summed E-state index contributed by atoms with van der Waals surface area (Å²) >= 11 is 3.45. The predicted octanol–water partition coefficient (Wildman–Crippen LogP) is 3.14. The number of rotatable bonds is 2. The topological polar surface area (TPSA) is 42.0 Å². The summed E-state index contributed by atoms with van der Waals surface area (Å²) in [5, 5.41) is 0. The largest absolute Gasteiger partial charge is 0.454 e. The molecule has 0 radical (unpaired) electrons. The van der Waals surface area contributed by atoms with Crippen molar-refractivity contribution >= 4 is 27.5 Å². The third-order valence-corrected chi connectivity index (χ3v) is 4.95. The molecule has 1 saturated heterocycles. The number of piperazine rings is 1. The first-order valence-corrected chi connectivity index (χ1v) is 8.70. The highest BCUT2D eigenvalue weighted by molar-refractivity contribution is 9.10. The van der Waals surface area contributed by atoms with Crippen LogP contribution in [-0.4, -0.2) is 43.8 Å². The fourth-order valence-electron chi connectivity index (χ4n) is 3.08. The van der Waals surface area contributed by atoms with Crippen LogP contribution in [0.15, 0.2) is 46.9 Å². The van der Waals surface area contributed by atoms with Gasteiger partial charge in [-0.3, -0.25) is 4.79 Å². The van der Waals surface area contributed by atoms with Crippen LogP contribution >= 0.6 is 15.9 Å². The van der Waals surface area contributed by atoms with Crippen LogP contribution in [0.2, 0.25) is 0 Å². The lowest BCUT2D eigenvalue weighted by Crippen LogP contribution is -2.48. The normalized spacial score (nSPS) is 16.4. The number of hydrogen-bond acceptors (Lipinski definition) is 4. The Hall–Kier alpha value is -2.21. The Labute approximate surface area is 148 Å². The van der Waals surface area contributed by atoms with Crippen molar-refractivity contribution in [3.63, 3.8) is 0 Å². The molecule has 2 aliphatic rings. The van der Waals surface area contributed by atoms with Gasteiger partial charge in [-0.15, -0.1) is 0 Å². The van der Waals surface area contributed by atoms with Crippen molar-refractivity contribution in [1.29, 1.82) is 0 Å². The number of halogens is 1. The molecule has 1 fully saturated rings. The summed E-state index contributed by atoms with van der Waals surface area (Å²) in [4.78, 5) is 17.0. The van der Waals surface area contributed by atoms with Crippen LogP contribution in [0.5, 0.6) is 11.5 Å². The summed E-state index contributed by atoms with van der Waals surface area (Å²) in [6, 6.07) is 13.9.